The second-order valence-corrected chi connectivity index (χ2v) is 5.29. The summed E-state index contributed by atoms with van der Waals surface area (Å²) in [6.45, 7) is 2.23. The monoisotopic (exact) mass is 237 g/mol. The van der Waals surface area contributed by atoms with Crippen molar-refractivity contribution < 1.29 is 8.42 Å². The van der Waals surface area contributed by atoms with Gasteiger partial charge in [0.2, 0.25) is 10.0 Å². The number of hydrogen-bond donors (Lipinski definition) is 1. The van der Waals surface area contributed by atoms with Crippen molar-refractivity contribution in [2.75, 3.05) is 6.54 Å². The fourth-order valence-electron chi connectivity index (χ4n) is 1.26. The summed E-state index contributed by atoms with van der Waals surface area (Å²) >= 11 is 0. The predicted molar refractivity (Wildman–Crippen MR) is 64.4 cm³/mol. The van der Waals surface area contributed by atoms with E-state index in [1.165, 1.54) is 0 Å². The van der Waals surface area contributed by atoms with E-state index in [1.807, 2.05) is 13.0 Å². The van der Waals surface area contributed by atoms with Crippen molar-refractivity contribution in [1.82, 2.24) is 4.72 Å². The van der Waals surface area contributed by atoms with Gasteiger partial charge in [-0.05, 0) is 31.0 Å². The Bertz CT molecular complexity index is 486. The van der Waals surface area contributed by atoms with Gasteiger partial charge in [0.05, 0.1) is 4.90 Å². The molecular formula is C12H15NO2S. The number of benzene rings is 1. The Morgan fingerprint density at radius 1 is 1.44 bits per heavy atom. The molecule has 0 saturated heterocycles. The molecule has 4 heteroatoms. The minimum absolute atomic E-state index is 0.299. The Kier molecular flexibility index (Phi) is 4.53. The zero-order chi connectivity index (χ0) is 12.0. The van der Waals surface area contributed by atoms with Gasteiger partial charge in [0.1, 0.15) is 0 Å². The average molecular weight is 237 g/mol. The molecule has 1 N–H and O–H groups in total. The summed E-state index contributed by atoms with van der Waals surface area (Å²) < 4.78 is 26.1. The van der Waals surface area contributed by atoms with Crippen molar-refractivity contribution in [3.63, 3.8) is 0 Å². The third-order valence-corrected chi connectivity index (χ3v) is 3.55. The van der Waals surface area contributed by atoms with Crippen LogP contribution in [0.15, 0.2) is 29.2 Å². The molecule has 0 amide bonds. The summed E-state index contributed by atoms with van der Waals surface area (Å²) in [4.78, 5) is 0.299. The summed E-state index contributed by atoms with van der Waals surface area (Å²) in [7, 11) is -3.38. The van der Waals surface area contributed by atoms with E-state index in [9.17, 15) is 8.42 Å². The molecule has 0 unspecified atom stereocenters. The van der Waals surface area contributed by atoms with Gasteiger partial charge < -0.3 is 0 Å². The molecule has 0 radical (unpaired) electrons. The summed E-state index contributed by atoms with van der Waals surface area (Å²) in [5, 5.41) is 0. The summed E-state index contributed by atoms with van der Waals surface area (Å²) in [5.74, 6) is 2.47. The molecule has 0 bridgehead atoms. The molecule has 0 saturated carbocycles. The quantitative estimate of drug-likeness (QED) is 0.625. The van der Waals surface area contributed by atoms with Crippen molar-refractivity contribution in [1.29, 1.82) is 0 Å². The van der Waals surface area contributed by atoms with Crippen molar-refractivity contribution in [3.05, 3.63) is 29.8 Å². The first-order valence-electron chi connectivity index (χ1n) is 5.06. The maximum Gasteiger partial charge on any atom is 0.240 e. The van der Waals surface area contributed by atoms with Gasteiger partial charge in [0.25, 0.3) is 0 Å². The van der Waals surface area contributed by atoms with Crippen molar-refractivity contribution in [3.8, 4) is 12.3 Å². The third-order valence-electron chi connectivity index (χ3n) is 2.09. The number of rotatable bonds is 5. The molecule has 3 nitrogen and oxygen atoms in total. The van der Waals surface area contributed by atoms with Gasteiger partial charge in [0.15, 0.2) is 0 Å². The Morgan fingerprint density at radius 3 is 2.81 bits per heavy atom. The van der Waals surface area contributed by atoms with E-state index in [0.29, 0.717) is 24.3 Å². The van der Waals surface area contributed by atoms with E-state index in [1.54, 1.807) is 18.2 Å². The van der Waals surface area contributed by atoms with E-state index >= 15 is 0 Å². The fourth-order valence-corrected chi connectivity index (χ4v) is 2.44. The van der Waals surface area contributed by atoms with Gasteiger partial charge in [-0.25, -0.2) is 13.1 Å². The lowest BCUT2D eigenvalue weighted by Crippen LogP contribution is -2.24. The van der Waals surface area contributed by atoms with Crippen LogP contribution in [0.1, 0.15) is 18.4 Å². The Labute approximate surface area is 96.9 Å². The number of aryl methyl sites for hydroxylation is 1. The zero-order valence-corrected chi connectivity index (χ0v) is 10.0. The van der Waals surface area contributed by atoms with Crippen LogP contribution in [0.3, 0.4) is 0 Å². The van der Waals surface area contributed by atoms with Crippen LogP contribution >= 0.6 is 0 Å². The standard InChI is InChI=1S/C12H15NO2S/c1-3-4-5-9-13-16(14,15)12-8-6-7-11(2)10-12/h1,6-8,10,13H,4-5,9H2,2H3. The first-order chi connectivity index (χ1) is 7.56. The molecule has 0 atom stereocenters. The topological polar surface area (TPSA) is 46.2 Å². The number of terminal acetylenes is 1. The Morgan fingerprint density at radius 2 is 2.19 bits per heavy atom. The van der Waals surface area contributed by atoms with Crippen LogP contribution in [0.4, 0.5) is 0 Å². The number of unbranched alkanes of at least 4 members (excludes halogenated alkanes) is 1. The van der Waals surface area contributed by atoms with Crippen LogP contribution in [0.5, 0.6) is 0 Å². The molecule has 0 fully saturated rings. The van der Waals surface area contributed by atoms with E-state index in [-0.39, 0.29) is 0 Å². The normalized spacial score (nSPS) is 11.0. The van der Waals surface area contributed by atoms with Gasteiger partial charge in [-0.2, -0.15) is 0 Å². The Balaban J connectivity index is 2.68. The molecule has 16 heavy (non-hydrogen) atoms. The SMILES string of the molecule is C#CCCCNS(=O)(=O)c1cccc(C)c1. The minimum atomic E-state index is -3.38. The molecule has 1 aromatic carbocycles. The molecule has 86 valence electrons. The number of sulfonamides is 1. The first kappa shape index (κ1) is 12.8. The van der Waals surface area contributed by atoms with Crippen LogP contribution in [0, 0.1) is 19.3 Å². The van der Waals surface area contributed by atoms with Crippen LogP contribution < -0.4 is 4.72 Å². The third kappa shape index (κ3) is 3.69. The van der Waals surface area contributed by atoms with Crippen molar-refractivity contribution in [2.24, 2.45) is 0 Å². The molecule has 0 aliphatic rings. The van der Waals surface area contributed by atoms with E-state index in [2.05, 4.69) is 10.6 Å². The highest BCUT2D eigenvalue weighted by atomic mass is 32.2. The molecule has 1 rings (SSSR count). The van der Waals surface area contributed by atoms with E-state index in [4.69, 9.17) is 6.42 Å². The smallest absolute Gasteiger partial charge is 0.211 e. The van der Waals surface area contributed by atoms with Gasteiger partial charge in [-0.3, -0.25) is 0 Å². The highest BCUT2D eigenvalue weighted by molar-refractivity contribution is 7.89. The Hall–Kier alpha value is -1.31. The number of hydrogen-bond acceptors (Lipinski definition) is 2. The van der Waals surface area contributed by atoms with Crippen molar-refractivity contribution >= 4 is 10.0 Å². The summed E-state index contributed by atoms with van der Waals surface area (Å²) in [6.07, 6.45) is 6.32. The lowest BCUT2D eigenvalue weighted by atomic mass is 10.2. The van der Waals surface area contributed by atoms with E-state index < -0.39 is 10.0 Å². The summed E-state index contributed by atoms with van der Waals surface area (Å²) in [6, 6.07) is 6.81. The summed E-state index contributed by atoms with van der Waals surface area (Å²) in [5.41, 5.74) is 0.923. The van der Waals surface area contributed by atoms with Gasteiger partial charge in [0, 0.05) is 13.0 Å². The molecule has 0 aliphatic carbocycles. The van der Waals surface area contributed by atoms with Crippen molar-refractivity contribution in [2.45, 2.75) is 24.7 Å². The van der Waals surface area contributed by atoms with E-state index in [0.717, 1.165) is 5.56 Å². The predicted octanol–water partition coefficient (Wildman–Crippen LogP) is 1.69. The van der Waals surface area contributed by atoms with Gasteiger partial charge in [-0.15, -0.1) is 12.3 Å². The molecule has 1 aromatic rings. The second-order valence-electron chi connectivity index (χ2n) is 3.52. The lowest BCUT2D eigenvalue weighted by Gasteiger charge is -2.06. The zero-order valence-electron chi connectivity index (χ0n) is 9.23. The maximum absolute atomic E-state index is 11.8. The molecular weight excluding hydrogens is 222 g/mol. The minimum Gasteiger partial charge on any atom is -0.211 e. The number of nitrogens with one attached hydrogen (secondary N) is 1. The first-order valence-corrected chi connectivity index (χ1v) is 6.54. The highest BCUT2D eigenvalue weighted by Gasteiger charge is 2.12. The van der Waals surface area contributed by atoms with Crippen LogP contribution in [-0.4, -0.2) is 15.0 Å². The molecule has 0 spiro atoms. The lowest BCUT2D eigenvalue weighted by molar-refractivity contribution is 0.579. The maximum atomic E-state index is 11.8. The fraction of sp³-hybridized carbons (Fsp3) is 0.333. The van der Waals surface area contributed by atoms with Crippen LogP contribution in [-0.2, 0) is 10.0 Å². The largest absolute Gasteiger partial charge is 0.240 e. The van der Waals surface area contributed by atoms with Crippen LogP contribution in [0.2, 0.25) is 0 Å². The van der Waals surface area contributed by atoms with Gasteiger partial charge in [-0.1, -0.05) is 12.1 Å². The molecule has 0 aromatic heterocycles. The average Bonchev–Trinajstić information content (AvgIpc) is 2.24. The van der Waals surface area contributed by atoms with Gasteiger partial charge >= 0.3 is 0 Å². The molecule has 0 aliphatic heterocycles. The molecule has 0 heterocycles. The highest BCUT2D eigenvalue weighted by Crippen LogP contribution is 2.10. The van der Waals surface area contributed by atoms with Crippen LogP contribution in [0.25, 0.3) is 0 Å². The second kappa shape index (κ2) is 5.69.